The lowest BCUT2D eigenvalue weighted by Gasteiger charge is -2.36. The quantitative estimate of drug-likeness (QED) is 0.523. The van der Waals surface area contributed by atoms with Gasteiger partial charge in [-0.15, -0.1) is 0 Å². The fraction of sp³-hybridized carbons (Fsp3) is 0.259. The van der Waals surface area contributed by atoms with E-state index in [4.69, 9.17) is 0 Å². The lowest BCUT2D eigenvalue weighted by Crippen LogP contribution is -2.42. The van der Waals surface area contributed by atoms with Crippen LogP contribution in [0.5, 0.6) is 0 Å². The molecule has 0 bridgehead atoms. The van der Waals surface area contributed by atoms with Crippen LogP contribution in [0.25, 0.3) is 0 Å². The zero-order chi connectivity index (χ0) is 25.0. The van der Waals surface area contributed by atoms with Crippen molar-refractivity contribution in [3.63, 3.8) is 0 Å². The van der Waals surface area contributed by atoms with Gasteiger partial charge in [0.05, 0.1) is 11.7 Å². The second-order valence-corrected chi connectivity index (χ2v) is 10.6. The summed E-state index contributed by atoms with van der Waals surface area (Å²) >= 11 is 0. The molecule has 182 valence electrons. The smallest absolute Gasteiger partial charge is 0.245 e. The Morgan fingerprint density at radius 1 is 1.00 bits per heavy atom. The molecule has 0 aromatic heterocycles. The van der Waals surface area contributed by atoms with Gasteiger partial charge in [0.15, 0.2) is 0 Å². The Balaban J connectivity index is 1.67. The van der Waals surface area contributed by atoms with Crippen LogP contribution in [-0.2, 0) is 32.6 Å². The minimum atomic E-state index is -4.03. The third-order valence-electron chi connectivity index (χ3n) is 6.11. The largest absolute Gasteiger partial charge is 0.352 e. The number of sulfonamides is 1. The molecule has 1 aliphatic heterocycles. The lowest BCUT2D eigenvalue weighted by molar-refractivity contribution is -0.122. The van der Waals surface area contributed by atoms with Gasteiger partial charge in [-0.25, -0.2) is 8.42 Å². The summed E-state index contributed by atoms with van der Waals surface area (Å²) in [7, 11) is -4.03. The summed E-state index contributed by atoms with van der Waals surface area (Å²) in [4.78, 5) is 24.8. The molecule has 8 heteroatoms. The standard InChI is InChI=1S/C27H29N3O4S/c1-19-12-13-24(29-20(2)31)26(16-19)35(33,34)30-15-14-22-10-6-7-11-23(22)25(30)17-27(32)28-18-21-8-4-3-5-9-21/h3-13,16,25H,14-15,17-18H2,1-2H3,(H,28,32)(H,29,31)/t25-/m0/s1. The summed E-state index contributed by atoms with van der Waals surface area (Å²) in [6.45, 7) is 3.75. The lowest BCUT2D eigenvalue weighted by atomic mass is 9.92. The predicted molar refractivity (Wildman–Crippen MR) is 135 cm³/mol. The van der Waals surface area contributed by atoms with Crippen molar-refractivity contribution in [1.29, 1.82) is 0 Å². The number of nitrogens with zero attached hydrogens (tertiary/aromatic N) is 1. The number of aryl methyl sites for hydroxylation is 1. The van der Waals surface area contributed by atoms with Crippen molar-refractivity contribution in [2.75, 3.05) is 11.9 Å². The van der Waals surface area contributed by atoms with Crippen LogP contribution in [0.3, 0.4) is 0 Å². The SMILES string of the molecule is CC(=O)Nc1ccc(C)cc1S(=O)(=O)N1CCc2ccccc2[C@@H]1CC(=O)NCc1ccccc1. The van der Waals surface area contributed by atoms with Crippen molar-refractivity contribution in [2.45, 2.75) is 44.2 Å². The molecule has 3 aromatic carbocycles. The fourth-order valence-corrected chi connectivity index (χ4v) is 6.27. The molecule has 1 atom stereocenters. The molecule has 1 heterocycles. The summed E-state index contributed by atoms with van der Waals surface area (Å²) in [5, 5.41) is 5.55. The highest BCUT2D eigenvalue weighted by molar-refractivity contribution is 7.89. The highest BCUT2D eigenvalue weighted by Gasteiger charge is 2.38. The first kappa shape index (κ1) is 24.6. The van der Waals surface area contributed by atoms with Crippen molar-refractivity contribution >= 4 is 27.5 Å². The molecule has 0 spiro atoms. The van der Waals surface area contributed by atoms with E-state index >= 15 is 0 Å². The average Bonchev–Trinajstić information content (AvgIpc) is 2.84. The number of carbonyl (C=O) groups is 2. The topological polar surface area (TPSA) is 95.6 Å². The predicted octanol–water partition coefficient (Wildman–Crippen LogP) is 3.95. The summed E-state index contributed by atoms with van der Waals surface area (Å²) in [5.41, 5.74) is 3.81. The van der Waals surface area contributed by atoms with Crippen LogP contribution in [0.15, 0.2) is 77.7 Å². The molecular weight excluding hydrogens is 462 g/mol. The molecule has 0 unspecified atom stereocenters. The molecule has 0 radical (unpaired) electrons. The van der Waals surface area contributed by atoms with Crippen LogP contribution in [0, 0.1) is 6.92 Å². The molecular formula is C27H29N3O4S. The first-order valence-electron chi connectivity index (χ1n) is 11.5. The Morgan fingerprint density at radius 3 is 2.46 bits per heavy atom. The summed E-state index contributed by atoms with van der Waals surface area (Å²) in [6, 6.07) is 21.5. The Kier molecular flexibility index (Phi) is 7.33. The van der Waals surface area contributed by atoms with Gasteiger partial charge < -0.3 is 10.6 Å². The molecule has 0 fully saturated rings. The minimum absolute atomic E-state index is 0.00956. The zero-order valence-corrected chi connectivity index (χ0v) is 20.6. The molecule has 3 aromatic rings. The molecule has 2 amide bonds. The second-order valence-electron chi connectivity index (χ2n) is 8.73. The molecule has 4 rings (SSSR count). The average molecular weight is 492 g/mol. The third kappa shape index (κ3) is 5.61. The van der Waals surface area contributed by atoms with Gasteiger partial charge in [-0.05, 0) is 47.7 Å². The first-order valence-corrected chi connectivity index (χ1v) is 13.0. The van der Waals surface area contributed by atoms with Crippen molar-refractivity contribution in [2.24, 2.45) is 0 Å². The van der Waals surface area contributed by atoms with Gasteiger partial charge in [-0.1, -0.05) is 60.7 Å². The van der Waals surface area contributed by atoms with E-state index in [1.54, 1.807) is 25.1 Å². The molecule has 0 aliphatic carbocycles. The Bertz CT molecular complexity index is 1340. The Hall–Kier alpha value is -3.49. The molecule has 0 saturated heterocycles. The third-order valence-corrected chi connectivity index (χ3v) is 8.06. The Labute approximate surface area is 206 Å². The van der Waals surface area contributed by atoms with Crippen molar-refractivity contribution < 1.29 is 18.0 Å². The maximum atomic E-state index is 14.0. The van der Waals surface area contributed by atoms with Gasteiger partial charge in [0, 0.05) is 26.4 Å². The van der Waals surface area contributed by atoms with Crippen molar-refractivity contribution in [3.05, 3.63) is 95.1 Å². The number of hydrogen-bond acceptors (Lipinski definition) is 4. The fourth-order valence-electron chi connectivity index (χ4n) is 4.43. The van der Waals surface area contributed by atoms with E-state index in [2.05, 4.69) is 10.6 Å². The summed E-state index contributed by atoms with van der Waals surface area (Å²) in [6.07, 6.45) is 0.531. The van der Waals surface area contributed by atoms with E-state index in [0.29, 0.717) is 13.0 Å². The van der Waals surface area contributed by atoms with Gasteiger partial charge in [0.25, 0.3) is 0 Å². The van der Waals surface area contributed by atoms with Crippen LogP contribution >= 0.6 is 0 Å². The second kappa shape index (κ2) is 10.4. The highest BCUT2D eigenvalue weighted by Crippen LogP contribution is 2.38. The van der Waals surface area contributed by atoms with Gasteiger partial charge in [0.2, 0.25) is 21.8 Å². The number of anilines is 1. The van der Waals surface area contributed by atoms with Gasteiger partial charge in [-0.2, -0.15) is 4.31 Å². The maximum Gasteiger partial charge on any atom is 0.245 e. The summed E-state index contributed by atoms with van der Waals surface area (Å²) < 4.78 is 29.3. The molecule has 2 N–H and O–H groups in total. The maximum absolute atomic E-state index is 14.0. The van der Waals surface area contributed by atoms with E-state index in [9.17, 15) is 18.0 Å². The molecule has 1 aliphatic rings. The van der Waals surface area contributed by atoms with E-state index in [1.807, 2.05) is 54.6 Å². The van der Waals surface area contributed by atoms with E-state index < -0.39 is 16.1 Å². The van der Waals surface area contributed by atoms with Crippen LogP contribution in [0.2, 0.25) is 0 Å². The first-order chi connectivity index (χ1) is 16.8. The summed E-state index contributed by atoms with van der Waals surface area (Å²) in [5.74, 6) is -0.590. The van der Waals surface area contributed by atoms with Crippen LogP contribution in [0.1, 0.15) is 41.6 Å². The van der Waals surface area contributed by atoms with Crippen LogP contribution in [0.4, 0.5) is 5.69 Å². The molecule has 0 saturated carbocycles. The van der Waals surface area contributed by atoms with Gasteiger partial charge in [-0.3, -0.25) is 9.59 Å². The molecule has 35 heavy (non-hydrogen) atoms. The normalized spacial score (nSPS) is 15.8. The number of amides is 2. The molecule has 7 nitrogen and oxygen atoms in total. The van der Waals surface area contributed by atoms with Gasteiger partial charge >= 0.3 is 0 Å². The van der Waals surface area contributed by atoms with E-state index in [1.165, 1.54) is 11.2 Å². The highest BCUT2D eigenvalue weighted by atomic mass is 32.2. The van der Waals surface area contributed by atoms with Gasteiger partial charge in [0.1, 0.15) is 4.90 Å². The van der Waals surface area contributed by atoms with Crippen LogP contribution < -0.4 is 10.6 Å². The number of fused-ring (bicyclic) bond motifs is 1. The van der Waals surface area contributed by atoms with E-state index in [0.717, 1.165) is 22.3 Å². The number of carbonyl (C=O) groups excluding carboxylic acids is 2. The Morgan fingerprint density at radius 2 is 1.71 bits per heavy atom. The van der Waals surface area contributed by atoms with Crippen molar-refractivity contribution in [1.82, 2.24) is 9.62 Å². The van der Waals surface area contributed by atoms with Crippen LogP contribution in [-0.4, -0.2) is 31.1 Å². The number of nitrogens with one attached hydrogen (secondary N) is 2. The monoisotopic (exact) mass is 491 g/mol. The van der Waals surface area contributed by atoms with E-state index in [-0.39, 0.29) is 35.4 Å². The van der Waals surface area contributed by atoms with Crippen molar-refractivity contribution in [3.8, 4) is 0 Å². The number of hydrogen-bond donors (Lipinski definition) is 2. The number of benzene rings is 3. The zero-order valence-electron chi connectivity index (χ0n) is 19.8. The number of rotatable bonds is 7. The minimum Gasteiger partial charge on any atom is -0.352 e.